The number of likely N-dealkylation sites (N-methyl/N-ethyl adjacent to an activating group) is 1. The van der Waals surface area contributed by atoms with E-state index in [2.05, 4.69) is 10.1 Å². The predicted molar refractivity (Wildman–Crippen MR) is 80.1 cm³/mol. The Morgan fingerprint density at radius 1 is 1.63 bits per heavy atom. The second-order valence-electron chi connectivity index (χ2n) is 4.48. The summed E-state index contributed by atoms with van der Waals surface area (Å²) >= 11 is 6.87. The Bertz CT molecular complexity index is 350. The topological polar surface area (TPSA) is 58.6 Å². The maximum Gasteiger partial charge on any atom is 0.305 e. The number of thioether (sulfide) groups is 1. The van der Waals surface area contributed by atoms with Crippen molar-refractivity contribution in [3.8, 4) is 0 Å². The third kappa shape index (κ3) is 6.24. The van der Waals surface area contributed by atoms with Crippen LogP contribution in [0.1, 0.15) is 25.7 Å². The Morgan fingerprint density at radius 2 is 2.37 bits per heavy atom. The van der Waals surface area contributed by atoms with Crippen LogP contribution in [-0.2, 0) is 14.3 Å². The van der Waals surface area contributed by atoms with Crippen molar-refractivity contribution in [2.45, 2.75) is 31.7 Å². The van der Waals surface area contributed by atoms with Crippen LogP contribution in [0.3, 0.4) is 0 Å². The van der Waals surface area contributed by atoms with E-state index in [-0.39, 0.29) is 17.9 Å². The smallest absolute Gasteiger partial charge is 0.305 e. The summed E-state index contributed by atoms with van der Waals surface area (Å²) < 4.78 is 5.37. The molecular weight excluding hydrogens is 284 g/mol. The van der Waals surface area contributed by atoms with E-state index in [1.54, 1.807) is 11.8 Å². The average Bonchev–Trinajstić information content (AvgIpc) is 2.79. The van der Waals surface area contributed by atoms with Gasteiger partial charge in [0.05, 0.1) is 7.11 Å². The number of amides is 1. The minimum atomic E-state index is -0.187. The molecule has 0 aromatic carbocycles. The molecule has 0 spiro atoms. The molecule has 0 radical (unpaired) electrons. The molecule has 0 aliphatic carbocycles. The number of hydrogen-bond donors (Lipinski definition) is 1. The van der Waals surface area contributed by atoms with E-state index in [4.69, 9.17) is 12.2 Å². The van der Waals surface area contributed by atoms with Crippen molar-refractivity contribution >= 4 is 40.2 Å². The van der Waals surface area contributed by atoms with Crippen LogP contribution >= 0.6 is 24.0 Å². The quantitative estimate of drug-likeness (QED) is 0.451. The lowest BCUT2D eigenvalue weighted by atomic mass is 10.2. The SMILES string of the molecule is COC(=O)CCCSC(=S)N(C)CC1CCC(=O)N1. The normalized spacial score (nSPS) is 18.0. The van der Waals surface area contributed by atoms with Gasteiger partial charge in [0, 0.05) is 38.2 Å². The Kier molecular flexibility index (Phi) is 7.15. The summed E-state index contributed by atoms with van der Waals surface area (Å²) in [6.45, 7) is 0.745. The van der Waals surface area contributed by atoms with Gasteiger partial charge in [0.15, 0.2) is 0 Å². The molecule has 1 heterocycles. The van der Waals surface area contributed by atoms with Crippen molar-refractivity contribution in [2.24, 2.45) is 0 Å². The van der Waals surface area contributed by atoms with Crippen LogP contribution in [0, 0.1) is 0 Å². The summed E-state index contributed by atoms with van der Waals surface area (Å²) in [5, 5.41) is 2.92. The molecule has 0 aromatic rings. The van der Waals surface area contributed by atoms with Gasteiger partial charge in [0.25, 0.3) is 0 Å². The number of ether oxygens (including phenoxy) is 1. The highest BCUT2D eigenvalue weighted by Gasteiger charge is 2.22. The van der Waals surface area contributed by atoms with Crippen LogP contribution in [0.15, 0.2) is 0 Å². The first-order chi connectivity index (χ1) is 9.02. The number of hydrogen-bond acceptors (Lipinski definition) is 5. The maximum atomic E-state index is 11.1. The summed E-state index contributed by atoms with van der Waals surface area (Å²) in [5.74, 6) is 0.735. The highest BCUT2D eigenvalue weighted by atomic mass is 32.2. The molecule has 0 saturated carbocycles. The van der Waals surface area contributed by atoms with E-state index in [1.807, 2.05) is 11.9 Å². The minimum Gasteiger partial charge on any atom is -0.469 e. The molecule has 1 amide bonds. The maximum absolute atomic E-state index is 11.1. The Hall–Kier alpha value is -0.820. The van der Waals surface area contributed by atoms with Gasteiger partial charge in [-0.2, -0.15) is 0 Å². The summed E-state index contributed by atoms with van der Waals surface area (Å²) in [4.78, 5) is 24.0. The molecule has 1 unspecified atom stereocenters. The lowest BCUT2D eigenvalue weighted by Gasteiger charge is -2.22. The molecular formula is C12H20N2O3S2. The molecule has 1 fully saturated rings. The summed E-state index contributed by atoms with van der Waals surface area (Å²) in [5.41, 5.74) is 0. The summed E-state index contributed by atoms with van der Waals surface area (Å²) in [6.07, 6.45) is 2.66. The highest BCUT2D eigenvalue weighted by molar-refractivity contribution is 8.22. The van der Waals surface area contributed by atoms with E-state index in [9.17, 15) is 9.59 Å². The monoisotopic (exact) mass is 304 g/mol. The zero-order chi connectivity index (χ0) is 14.3. The number of nitrogens with zero attached hydrogens (tertiary/aromatic N) is 1. The number of thiocarbonyl (C=S) groups is 1. The number of carbonyl (C=O) groups excluding carboxylic acids is 2. The third-order valence-electron chi connectivity index (χ3n) is 2.87. The highest BCUT2D eigenvalue weighted by Crippen LogP contribution is 2.14. The van der Waals surface area contributed by atoms with Crippen LogP contribution in [-0.4, -0.2) is 53.6 Å². The van der Waals surface area contributed by atoms with Gasteiger partial charge in [-0.05, 0) is 12.8 Å². The fourth-order valence-electron chi connectivity index (χ4n) is 1.81. The molecule has 108 valence electrons. The second kappa shape index (κ2) is 8.37. The van der Waals surface area contributed by atoms with Gasteiger partial charge in [-0.1, -0.05) is 24.0 Å². The third-order valence-corrected chi connectivity index (χ3v) is 4.59. The molecule has 1 rings (SSSR count). The largest absolute Gasteiger partial charge is 0.469 e. The van der Waals surface area contributed by atoms with E-state index in [0.29, 0.717) is 12.8 Å². The molecule has 1 aliphatic heterocycles. The molecule has 1 N–H and O–H groups in total. The van der Waals surface area contributed by atoms with Crippen molar-refractivity contribution in [2.75, 3.05) is 26.5 Å². The molecule has 0 bridgehead atoms. The first kappa shape index (κ1) is 16.2. The lowest BCUT2D eigenvalue weighted by molar-refractivity contribution is -0.140. The molecule has 19 heavy (non-hydrogen) atoms. The minimum absolute atomic E-state index is 0.120. The van der Waals surface area contributed by atoms with Gasteiger partial charge in [-0.25, -0.2) is 0 Å². The zero-order valence-corrected chi connectivity index (χ0v) is 12.9. The van der Waals surface area contributed by atoms with Gasteiger partial charge >= 0.3 is 5.97 Å². The zero-order valence-electron chi connectivity index (χ0n) is 11.3. The van der Waals surface area contributed by atoms with Crippen LogP contribution in [0.4, 0.5) is 0 Å². The second-order valence-corrected chi connectivity index (χ2v) is 6.21. The van der Waals surface area contributed by atoms with E-state index >= 15 is 0 Å². The summed E-state index contributed by atoms with van der Waals surface area (Å²) in [6, 6.07) is 0.200. The van der Waals surface area contributed by atoms with Crippen molar-refractivity contribution in [3.63, 3.8) is 0 Å². The Labute approximate surface area is 123 Å². The molecule has 1 aliphatic rings. The first-order valence-corrected chi connectivity index (χ1v) is 7.66. The van der Waals surface area contributed by atoms with Gasteiger partial charge in [-0.3, -0.25) is 9.59 Å². The van der Waals surface area contributed by atoms with Crippen LogP contribution in [0.25, 0.3) is 0 Å². The van der Waals surface area contributed by atoms with Gasteiger partial charge in [0.1, 0.15) is 4.32 Å². The van der Waals surface area contributed by atoms with Gasteiger partial charge < -0.3 is 15.0 Å². The van der Waals surface area contributed by atoms with Crippen molar-refractivity contribution in [1.82, 2.24) is 10.2 Å². The van der Waals surface area contributed by atoms with Crippen LogP contribution in [0.5, 0.6) is 0 Å². The van der Waals surface area contributed by atoms with Crippen LogP contribution in [0.2, 0.25) is 0 Å². The van der Waals surface area contributed by atoms with E-state index < -0.39 is 0 Å². The van der Waals surface area contributed by atoms with Crippen molar-refractivity contribution in [1.29, 1.82) is 0 Å². The number of carbonyl (C=O) groups is 2. The molecule has 0 aromatic heterocycles. The van der Waals surface area contributed by atoms with Crippen molar-refractivity contribution < 1.29 is 14.3 Å². The van der Waals surface area contributed by atoms with Gasteiger partial charge in [0.2, 0.25) is 5.91 Å². The number of rotatable bonds is 6. The molecule has 1 atom stereocenters. The lowest BCUT2D eigenvalue weighted by Crippen LogP contribution is -2.38. The Morgan fingerprint density at radius 3 is 2.95 bits per heavy atom. The van der Waals surface area contributed by atoms with E-state index in [1.165, 1.54) is 7.11 Å². The van der Waals surface area contributed by atoms with Gasteiger partial charge in [-0.15, -0.1) is 0 Å². The van der Waals surface area contributed by atoms with E-state index in [0.717, 1.165) is 29.5 Å². The Balaban J connectivity index is 2.14. The molecule has 1 saturated heterocycles. The van der Waals surface area contributed by atoms with Crippen LogP contribution < -0.4 is 5.32 Å². The number of methoxy groups -OCH3 is 1. The summed E-state index contributed by atoms with van der Waals surface area (Å²) in [7, 11) is 3.32. The fourth-order valence-corrected chi connectivity index (χ4v) is 2.89. The number of esters is 1. The standard InChI is InChI=1S/C12H20N2O3S2/c1-14(8-9-5-6-10(15)13-9)12(18)19-7-3-4-11(16)17-2/h9H,3-8H2,1-2H3,(H,13,15). The molecule has 5 nitrogen and oxygen atoms in total. The molecule has 7 heteroatoms. The number of nitrogens with one attached hydrogen (secondary N) is 1. The predicted octanol–water partition coefficient (Wildman–Crippen LogP) is 1.17. The fraction of sp³-hybridized carbons (Fsp3) is 0.750. The van der Waals surface area contributed by atoms with Crippen molar-refractivity contribution in [3.05, 3.63) is 0 Å². The average molecular weight is 304 g/mol. The first-order valence-electron chi connectivity index (χ1n) is 6.27.